The van der Waals surface area contributed by atoms with Crippen LogP contribution in [0.25, 0.3) is 0 Å². The Morgan fingerprint density at radius 1 is 1.42 bits per heavy atom. The first-order valence-electron chi connectivity index (χ1n) is 7.70. The Morgan fingerprint density at radius 2 is 2.16 bits per heavy atom. The van der Waals surface area contributed by atoms with E-state index in [-0.39, 0.29) is 5.97 Å². The summed E-state index contributed by atoms with van der Waals surface area (Å²) in [5, 5.41) is 3.29. The van der Waals surface area contributed by atoms with Gasteiger partial charge in [0.1, 0.15) is 5.54 Å². The van der Waals surface area contributed by atoms with Crippen LogP contribution >= 0.6 is 0 Å². The number of hydrogen-bond donors (Lipinski definition) is 1. The Labute approximate surface area is 116 Å². The zero-order valence-electron chi connectivity index (χ0n) is 12.6. The van der Waals surface area contributed by atoms with E-state index in [0.29, 0.717) is 12.5 Å². The Balaban J connectivity index is 1.94. The van der Waals surface area contributed by atoms with Crippen LogP contribution < -0.4 is 5.32 Å². The van der Waals surface area contributed by atoms with E-state index in [1.807, 2.05) is 14.0 Å². The molecule has 19 heavy (non-hydrogen) atoms. The van der Waals surface area contributed by atoms with E-state index >= 15 is 0 Å². The van der Waals surface area contributed by atoms with Gasteiger partial charge in [-0.05, 0) is 65.6 Å². The van der Waals surface area contributed by atoms with E-state index < -0.39 is 5.54 Å². The number of carbonyl (C=O) groups is 1. The van der Waals surface area contributed by atoms with Crippen LogP contribution in [0.3, 0.4) is 0 Å². The Hall–Kier alpha value is -0.610. The molecule has 2 fully saturated rings. The van der Waals surface area contributed by atoms with Crippen molar-refractivity contribution < 1.29 is 9.53 Å². The maximum absolute atomic E-state index is 12.3. The number of ether oxygens (including phenoxy) is 1. The summed E-state index contributed by atoms with van der Waals surface area (Å²) in [7, 11) is 4.11. The van der Waals surface area contributed by atoms with E-state index in [1.54, 1.807) is 0 Å². The minimum Gasteiger partial charge on any atom is -0.465 e. The standard InChI is InChI=1S/C15H28N2O2/c1-4-19-14(18)15(16-2)10-5-6-12(15)9-11-17(3)13-7-8-13/h12-13,16H,4-11H2,1-3H3. The topological polar surface area (TPSA) is 41.6 Å². The highest BCUT2D eigenvalue weighted by Crippen LogP contribution is 2.39. The third-order valence-corrected chi connectivity index (χ3v) is 4.91. The highest BCUT2D eigenvalue weighted by atomic mass is 16.5. The lowest BCUT2D eigenvalue weighted by molar-refractivity contribution is -0.153. The van der Waals surface area contributed by atoms with E-state index in [2.05, 4.69) is 17.3 Å². The van der Waals surface area contributed by atoms with Gasteiger partial charge in [-0.1, -0.05) is 6.42 Å². The molecule has 2 aliphatic rings. The first-order valence-corrected chi connectivity index (χ1v) is 7.70. The van der Waals surface area contributed by atoms with Crippen molar-refractivity contribution >= 4 is 5.97 Å². The molecule has 0 heterocycles. The summed E-state index contributed by atoms with van der Waals surface area (Å²) in [5.41, 5.74) is -0.430. The summed E-state index contributed by atoms with van der Waals surface area (Å²) in [5.74, 6) is 0.367. The van der Waals surface area contributed by atoms with Crippen LogP contribution in [-0.2, 0) is 9.53 Å². The molecule has 4 nitrogen and oxygen atoms in total. The van der Waals surface area contributed by atoms with Crippen molar-refractivity contribution in [1.29, 1.82) is 0 Å². The lowest BCUT2D eigenvalue weighted by Gasteiger charge is -2.33. The van der Waals surface area contributed by atoms with Crippen LogP contribution in [0.4, 0.5) is 0 Å². The normalized spacial score (nSPS) is 30.8. The zero-order chi connectivity index (χ0) is 13.9. The number of hydrogen-bond acceptors (Lipinski definition) is 4. The number of likely N-dealkylation sites (N-methyl/N-ethyl adjacent to an activating group) is 1. The molecule has 0 saturated heterocycles. The van der Waals surface area contributed by atoms with Crippen LogP contribution in [0.5, 0.6) is 0 Å². The number of rotatable bonds is 7. The van der Waals surface area contributed by atoms with Gasteiger partial charge in [-0.3, -0.25) is 4.79 Å². The Morgan fingerprint density at radius 3 is 2.74 bits per heavy atom. The third kappa shape index (κ3) is 3.11. The quantitative estimate of drug-likeness (QED) is 0.715. The van der Waals surface area contributed by atoms with Crippen molar-refractivity contribution in [3.05, 3.63) is 0 Å². The second-order valence-electron chi connectivity index (χ2n) is 6.03. The molecule has 2 saturated carbocycles. The lowest BCUT2D eigenvalue weighted by atomic mass is 9.84. The second-order valence-corrected chi connectivity index (χ2v) is 6.03. The van der Waals surface area contributed by atoms with E-state index in [0.717, 1.165) is 38.3 Å². The van der Waals surface area contributed by atoms with Crippen molar-refractivity contribution in [2.45, 2.75) is 57.0 Å². The lowest BCUT2D eigenvalue weighted by Crippen LogP contribution is -2.54. The molecule has 0 spiro atoms. The molecule has 1 N–H and O–H groups in total. The summed E-state index contributed by atoms with van der Waals surface area (Å²) in [6, 6.07) is 0.799. The van der Waals surface area contributed by atoms with Crippen molar-refractivity contribution in [2.24, 2.45) is 5.92 Å². The molecule has 0 aromatic heterocycles. The Kier molecular flexibility index (Phi) is 4.85. The average Bonchev–Trinajstić information content (AvgIpc) is 3.17. The fourth-order valence-corrected chi connectivity index (χ4v) is 3.49. The maximum atomic E-state index is 12.3. The summed E-state index contributed by atoms with van der Waals surface area (Å²) in [4.78, 5) is 14.7. The smallest absolute Gasteiger partial charge is 0.326 e. The largest absolute Gasteiger partial charge is 0.465 e. The van der Waals surface area contributed by atoms with Crippen molar-refractivity contribution in [3.8, 4) is 0 Å². The molecule has 2 rings (SSSR count). The number of esters is 1. The van der Waals surface area contributed by atoms with Gasteiger partial charge >= 0.3 is 5.97 Å². The fourth-order valence-electron chi connectivity index (χ4n) is 3.49. The van der Waals surface area contributed by atoms with Crippen molar-refractivity contribution in [3.63, 3.8) is 0 Å². The monoisotopic (exact) mass is 268 g/mol. The molecular weight excluding hydrogens is 240 g/mol. The van der Waals surface area contributed by atoms with Gasteiger partial charge in [0.05, 0.1) is 6.61 Å². The summed E-state index contributed by atoms with van der Waals surface area (Å²) in [6.45, 7) is 3.45. The van der Waals surface area contributed by atoms with Gasteiger partial charge in [0.25, 0.3) is 0 Å². The fraction of sp³-hybridized carbons (Fsp3) is 0.933. The molecule has 0 aliphatic heterocycles. The summed E-state index contributed by atoms with van der Waals surface area (Å²) in [6.07, 6.45) is 6.95. The minimum absolute atomic E-state index is 0.0472. The van der Waals surface area contributed by atoms with Gasteiger partial charge in [0, 0.05) is 6.04 Å². The van der Waals surface area contributed by atoms with E-state index in [9.17, 15) is 4.79 Å². The second kappa shape index (κ2) is 6.23. The molecule has 0 bridgehead atoms. The zero-order valence-corrected chi connectivity index (χ0v) is 12.6. The molecular formula is C15H28N2O2. The van der Waals surface area contributed by atoms with Crippen LogP contribution in [0.2, 0.25) is 0 Å². The van der Waals surface area contributed by atoms with Gasteiger partial charge in [-0.15, -0.1) is 0 Å². The molecule has 110 valence electrons. The molecule has 0 amide bonds. The average molecular weight is 268 g/mol. The van der Waals surface area contributed by atoms with Gasteiger partial charge in [0.2, 0.25) is 0 Å². The first kappa shape index (κ1) is 14.8. The molecule has 0 radical (unpaired) electrons. The molecule has 0 aromatic rings. The van der Waals surface area contributed by atoms with Crippen LogP contribution in [0, 0.1) is 5.92 Å². The molecule has 2 atom stereocenters. The van der Waals surface area contributed by atoms with Gasteiger partial charge in [-0.2, -0.15) is 0 Å². The number of carbonyl (C=O) groups excluding carboxylic acids is 1. The van der Waals surface area contributed by atoms with E-state index in [4.69, 9.17) is 4.74 Å². The van der Waals surface area contributed by atoms with Crippen molar-refractivity contribution in [2.75, 3.05) is 27.2 Å². The third-order valence-electron chi connectivity index (χ3n) is 4.91. The summed E-state index contributed by atoms with van der Waals surface area (Å²) >= 11 is 0. The predicted molar refractivity (Wildman–Crippen MR) is 76.0 cm³/mol. The van der Waals surface area contributed by atoms with Crippen molar-refractivity contribution in [1.82, 2.24) is 10.2 Å². The molecule has 2 unspecified atom stereocenters. The molecule has 4 heteroatoms. The van der Waals surface area contributed by atoms with Crippen LogP contribution in [-0.4, -0.2) is 49.7 Å². The number of nitrogens with one attached hydrogen (secondary N) is 1. The number of nitrogens with zero attached hydrogens (tertiary/aromatic N) is 1. The van der Waals surface area contributed by atoms with Crippen LogP contribution in [0.1, 0.15) is 45.4 Å². The van der Waals surface area contributed by atoms with Gasteiger partial charge < -0.3 is 15.0 Å². The van der Waals surface area contributed by atoms with Crippen LogP contribution in [0.15, 0.2) is 0 Å². The molecule has 0 aromatic carbocycles. The highest BCUT2D eigenvalue weighted by Gasteiger charge is 2.48. The van der Waals surface area contributed by atoms with Gasteiger partial charge in [0.15, 0.2) is 0 Å². The molecule has 2 aliphatic carbocycles. The predicted octanol–water partition coefficient (Wildman–Crippen LogP) is 1.79. The summed E-state index contributed by atoms with van der Waals surface area (Å²) < 4.78 is 5.30. The minimum atomic E-state index is -0.430. The SMILES string of the molecule is CCOC(=O)C1(NC)CCCC1CCN(C)C1CC1. The highest BCUT2D eigenvalue weighted by molar-refractivity contribution is 5.81. The van der Waals surface area contributed by atoms with Gasteiger partial charge in [-0.25, -0.2) is 0 Å². The Bertz CT molecular complexity index is 317. The maximum Gasteiger partial charge on any atom is 0.326 e. The van der Waals surface area contributed by atoms with E-state index in [1.165, 1.54) is 12.8 Å². The first-order chi connectivity index (χ1) is 9.14.